The number of aromatic nitrogens is 2. The van der Waals surface area contributed by atoms with Gasteiger partial charge in [-0.2, -0.15) is 0 Å². The van der Waals surface area contributed by atoms with Crippen LogP contribution in [0.25, 0.3) is 0 Å². The average molecular weight is 218 g/mol. The predicted octanol–water partition coefficient (Wildman–Crippen LogP) is 0.582. The smallest absolute Gasteiger partial charge is 0.270 e. The van der Waals surface area contributed by atoms with Crippen molar-refractivity contribution in [2.45, 2.75) is 6.54 Å². The van der Waals surface area contributed by atoms with Crippen LogP contribution in [0, 0.1) is 0 Å². The molecule has 6 heteroatoms. The number of carbonyl (C=O) groups is 1. The first-order chi connectivity index (χ1) is 7.75. The Balaban J connectivity index is 1.98. The zero-order valence-electron chi connectivity index (χ0n) is 8.38. The molecule has 16 heavy (non-hydrogen) atoms. The third kappa shape index (κ3) is 2.35. The van der Waals surface area contributed by atoms with Gasteiger partial charge in [0.25, 0.3) is 5.91 Å². The van der Waals surface area contributed by atoms with E-state index in [1.165, 1.54) is 6.20 Å². The summed E-state index contributed by atoms with van der Waals surface area (Å²) in [6.45, 7) is 0.273. The van der Waals surface area contributed by atoms with E-state index in [1.54, 1.807) is 24.3 Å². The van der Waals surface area contributed by atoms with Crippen molar-refractivity contribution in [3.05, 3.63) is 41.9 Å². The monoisotopic (exact) mass is 218 g/mol. The van der Waals surface area contributed by atoms with Crippen LogP contribution in [0.15, 0.2) is 35.0 Å². The van der Waals surface area contributed by atoms with E-state index in [1.807, 2.05) is 0 Å². The van der Waals surface area contributed by atoms with Gasteiger partial charge in [0, 0.05) is 6.07 Å². The molecule has 0 aliphatic heterocycles. The van der Waals surface area contributed by atoms with Gasteiger partial charge < -0.3 is 15.6 Å². The molecule has 2 rings (SSSR count). The van der Waals surface area contributed by atoms with Crippen molar-refractivity contribution in [2.24, 2.45) is 0 Å². The highest BCUT2D eigenvalue weighted by molar-refractivity contribution is 5.92. The maximum atomic E-state index is 11.6. The summed E-state index contributed by atoms with van der Waals surface area (Å²) in [4.78, 5) is 15.5. The molecule has 3 N–H and O–H groups in total. The van der Waals surface area contributed by atoms with Gasteiger partial charge in [0.05, 0.1) is 12.7 Å². The fraction of sp³-hybridized carbons (Fsp3) is 0.100. The first kappa shape index (κ1) is 10.2. The van der Waals surface area contributed by atoms with Gasteiger partial charge in [0.2, 0.25) is 0 Å². The molecule has 82 valence electrons. The second-order valence-corrected chi connectivity index (χ2v) is 3.11. The molecule has 0 fully saturated rings. The quantitative estimate of drug-likeness (QED) is 0.785. The average Bonchev–Trinajstić information content (AvgIpc) is 2.78. The number of rotatable bonds is 3. The van der Waals surface area contributed by atoms with Crippen molar-refractivity contribution in [3.8, 4) is 0 Å². The minimum absolute atomic E-state index is 0.273. The largest absolute Gasteiger partial charge is 0.384 e. The summed E-state index contributed by atoms with van der Waals surface area (Å²) >= 11 is 0. The molecule has 0 unspecified atom stereocenters. The molecule has 2 heterocycles. The first-order valence-electron chi connectivity index (χ1n) is 4.66. The molecule has 1 amide bonds. The number of nitrogen functional groups attached to an aromatic ring is 1. The highest BCUT2D eigenvalue weighted by Crippen LogP contribution is 2.01. The molecule has 0 aliphatic carbocycles. The Kier molecular flexibility index (Phi) is 2.81. The van der Waals surface area contributed by atoms with Crippen LogP contribution in [0.1, 0.15) is 16.2 Å². The fourth-order valence-electron chi connectivity index (χ4n) is 1.17. The van der Waals surface area contributed by atoms with E-state index in [0.29, 0.717) is 11.6 Å². The lowest BCUT2D eigenvalue weighted by Crippen LogP contribution is -2.23. The molecule has 2 aromatic rings. The van der Waals surface area contributed by atoms with Gasteiger partial charge in [0.15, 0.2) is 5.76 Å². The van der Waals surface area contributed by atoms with Crippen molar-refractivity contribution in [1.29, 1.82) is 0 Å². The van der Waals surface area contributed by atoms with Crippen molar-refractivity contribution in [1.82, 2.24) is 15.5 Å². The normalized spacial score (nSPS) is 10.0. The summed E-state index contributed by atoms with van der Waals surface area (Å²) in [6.07, 6.45) is 1.51. The van der Waals surface area contributed by atoms with Crippen molar-refractivity contribution in [3.63, 3.8) is 0 Å². The summed E-state index contributed by atoms with van der Waals surface area (Å²) in [6, 6.07) is 6.55. The number of hydrogen-bond donors (Lipinski definition) is 2. The number of anilines is 1. The summed E-state index contributed by atoms with van der Waals surface area (Å²) in [5, 5.41) is 6.16. The summed E-state index contributed by atoms with van der Waals surface area (Å²) in [5.41, 5.74) is 5.74. The van der Waals surface area contributed by atoms with Gasteiger partial charge in [0.1, 0.15) is 11.5 Å². The number of amides is 1. The number of nitrogens with two attached hydrogens (primary N) is 1. The van der Waals surface area contributed by atoms with E-state index >= 15 is 0 Å². The minimum Gasteiger partial charge on any atom is -0.384 e. The van der Waals surface area contributed by atoms with Gasteiger partial charge in [-0.1, -0.05) is 11.2 Å². The SMILES string of the molecule is Nc1cccc(C(=O)NCc2ccno2)n1. The van der Waals surface area contributed by atoms with E-state index in [-0.39, 0.29) is 18.1 Å². The van der Waals surface area contributed by atoms with E-state index < -0.39 is 0 Å². The number of nitrogens with one attached hydrogen (secondary N) is 1. The topological polar surface area (TPSA) is 94.0 Å². The molecule has 0 bridgehead atoms. The van der Waals surface area contributed by atoms with Crippen LogP contribution < -0.4 is 11.1 Å². The van der Waals surface area contributed by atoms with Gasteiger partial charge in [-0.3, -0.25) is 4.79 Å². The molecule has 0 saturated carbocycles. The molecule has 0 atom stereocenters. The lowest BCUT2D eigenvalue weighted by atomic mass is 10.3. The third-order valence-corrected chi connectivity index (χ3v) is 1.92. The van der Waals surface area contributed by atoms with Crippen LogP contribution in [0.2, 0.25) is 0 Å². The number of hydrogen-bond acceptors (Lipinski definition) is 5. The molecule has 2 aromatic heterocycles. The van der Waals surface area contributed by atoms with Crippen LogP contribution in [0.5, 0.6) is 0 Å². The Morgan fingerprint density at radius 2 is 2.31 bits per heavy atom. The van der Waals surface area contributed by atoms with E-state index in [2.05, 4.69) is 15.5 Å². The molecular formula is C10H10N4O2. The van der Waals surface area contributed by atoms with Gasteiger partial charge in [-0.25, -0.2) is 4.98 Å². The minimum atomic E-state index is -0.302. The summed E-state index contributed by atoms with van der Waals surface area (Å²) in [5.74, 6) is 0.591. The maximum absolute atomic E-state index is 11.6. The fourth-order valence-corrected chi connectivity index (χ4v) is 1.17. The molecular weight excluding hydrogens is 208 g/mol. The van der Waals surface area contributed by atoms with E-state index in [4.69, 9.17) is 10.3 Å². The van der Waals surface area contributed by atoms with E-state index in [0.717, 1.165) is 0 Å². The number of nitrogens with zero attached hydrogens (tertiary/aromatic N) is 2. The molecule has 0 aromatic carbocycles. The van der Waals surface area contributed by atoms with Crippen molar-refractivity contribution in [2.75, 3.05) is 5.73 Å². The molecule has 0 saturated heterocycles. The number of carbonyl (C=O) groups excluding carboxylic acids is 1. The molecule has 0 spiro atoms. The highest BCUT2D eigenvalue weighted by atomic mass is 16.5. The summed E-state index contributed by atoms with van der Waals surface area (Å²) < 4.78 is 4.83. The van der Waals surface area contributed by atoms with Crippen LogP contribution in [0.4, 0.5) is 5.82 Å². The van der Waals surface area contributed by atoms with Crippen molar-refractivity contribution < 1.29 is 9.32 Å². The van der Waals surface area contributed by atoms with Crippen LogP contribution >= 0.6 is 0 Å². The zero-order chi connectivity index (χ0) is 11.4. The second-order valence-electron chi connectivity index (χ2n) is 3.11. The van der Waals surface area contributed by atoms with Crippen LogP contribution in [0.3, 0.4) is 0 Å². The van der Waals surface area contributed by atoms with Crippen LogP contribution in [-0.4, -0.2) is 16.0 Å². The first-order valence-corrected chi connectivity index (χ1v) is 4.66. The Morgan fingerprint density at radius 3 is 3.00 bits per heavy atom. The molecule has 0 aliphatic rings. The zero-order valence-corrected chi connectivity index (χ0v) is 8.38. The molecule has 6 nitrogen and oxygen atoms in total. The third-order valence-electron chi connectivity index (χ3n) is 1.92. The second kappa shape index (κ2) is 4.43. The Labute approximate surface area is 91.5 Å². The van der Waals surface area contributed by atoms with Crippen molar-refractivity contribution >= 4 is 11.7 Å². The maximum Gasteiger partial charge on any atom is 0.270 e. The van der Waals surface area contributed by atoms with Gasteiger partial charge in [-0.15, -0.1) is 0 Å². The summed E-state index contributed by atoms with van der Waals surface area (Å²) in [7, 11) is 0. The Hall–Kier alpha value is -2.37. The van der Waals surface area contributed by atoms with E-state index in [9.17, 15) is 4.79 Å². The van der Waals surface area contributed by atoms with Gasteiger partial charge >= 0.3 is 0 Å². The standard InChI is InChI=1S/C10H10N4O2/c11-9-3-1-2-8(14-9)10(15)12-6-7-4-5-13-16-7/h1-5H,6H2,(H2,11,14)(H,12,15). The lowest BCUT2D eigenvalue weighted by molar-refractivity contribution is 0.0942. The van der Waals surface area contributed by atoms with Gasteiger partial charge in [-0.05, 0) is 12.1 Å². The Morgan fingerprint density at radius 1 is 1.44 bits per heavy atom. The lowest BCUT2D eigenvalue weighted by Gasteiger charge is -2.02. The Bertz CT molecular complexity index is 481. The predicted molar refractivity (Wildman–Crippen MR) is 56.3 cm³/mol. The van der Waals surface area contributed by atoms with Crippen LogP contribution in [-0.2, 0) is 6.54 Å². The molecule has 0 radical (unpaired) electrons. The number of pyridine rings is 1. The highest BCUT2D eigenvalue weighted by Gasteiger charge is 2.07.